The SMILES string of the molecule is O=C(NC(c1ccccc1)C1CC1)c1cc(C2CC2)[nH]n1. The summed E-state index contributed by atoms with van der Waals surface area (Å²) in [6.07, 6.45) is 4.79. The Morgan fingerprint density at radius 1 is 1.19 bits per heavy atom. The summed E-state index contributed by atoms with van der Waals surface area (Å²) in [7, 11) is 0. The molecule has 2 saturated carbocycles. The third kappa shape index (κ3) is 2.71. The number of aromatic amines is 1. The first kappa shape index (κ1) is 12.6. The third-order valence-electron chi connectivity index (χ3n) is 4.39. The number of carbonyl (C=O) groups excluding carboxylic acids is 1. The molecule has 0 saturated heterocycles. The van der Waals surface area contributed by atoms with Gasteiger partial charge in [0.2, 0.25) is 0 Å². The van der Waals surface area contributed by atoms with Crippen molar-refractivity contribution >= 4 is 5.91 Å². The minimum atomic E-state index is -0.0705. The van der Waals surface area contributed by atoms with Gasteiger partial charge in [-0.15, -0.1) is 0 Å². The lowest BCUT2D eigenvalue weighted by molar-refractivity contribution is 0.0926. The molecule has 1 atom stereocenters. The lowest BCUT2D eigenvalue weighted by atomic mass is 10.0. The van der Waals surface area contributed by atoms with E-state index in [4.69, 9.17) is 0 Å². The second kappa shape index (κ2) is 5.02. The maximum absolute atomic E-state index is 12.4. The fourth-order valence-corrected chi connectivity index (χ4v) is 2.83. The molecule has 4 heteroatoms. The molecule has 108 valence electrons. The molecule has 0 radical (unpaired) electrons. The second-order valence-corrected chi connectivity index (χ2v) is 6.18. The van der Waals surface area contributed by atoms with Crippen LogP contribution in [0.5, 0.6) is 0 Å². The molecule has 1 aromatic carbocycles. The number of rotatable bonds is 5. The van der Waals surface area contributed by atoms with E-state index in [-0.39, 0.29) is 11.9 Å². The molecule has 4 rings (SSSR count). The Morgan fingerprint density at radius 3 is 2.62 bits per heavy atom. The summed E-state index contributed by atoms with van der Waals surface area (Å²) in [4.78, 5) is 12.4. The van der Waals surface area contributed by atoms with Crippen molar-refractivity contribution in [3.63, 3.8) is 0 Å². The number of amides is 1. The molecule has 2 aromatic rings. The topological polar surface area (TPSA) is 57.8 Å². The van der Waals surface area contributed by atoms with Crippen LogP contribution in [0.2, 0.25) is 0 Å². The first-order valence-electron chi connectivity index (χ1n) is 7.72. The van der Waals surface area contributed by atoms with Gasteiger partial charge in [0, 0.05) is 11.6 Å². The zero-order valence-corrected chi connectivity index (χ0v) is 11.9. The average Bonchev–Trinajstić information content (AvgIpc) is 3.44. The summed E-state index contributed by atoms with van der Waals surface area (Å²) < 4.78 is 0. The predicted molar refractivity (Wildman–Crippen MR) is 79.9 cm³/mol. The van der Waals surface area contributed by atoms with Crippen molar-refractivity contribution in [1.82, 2.24) is 15.5 Å². The van der Waals surface area contributed by atoms with Gasteiger partial charge in [0.25, 0.3) is 5.91 Å². The van der Waals surface area contributed by atoms with Crippen molar-refractivity contribution < 1.29 is 4.79 Å². The van der Waals surface area contributed by atoms with Crippen LogP contribution in [0, 0.1) is 5.92 Å². The van der Waals surface area contributed by atoms with Crippen molar-refractivity contribution in [1.29, 1.82) is 0 Å². The van der Waals surface area contributed by atoms with Gasteiger partial charge < -0.3 is 5.32 Å². The van der Waals surface area contributed by atoms with E-state index in [1.54, 1.807) is 0 Å². The molecule has 2 aliphatic rings. The third-order valence-corrected chi connectivity index (χ3v) is 4.39. The molecule has 2 fully saturated rings. The van der Waals surface area contributed by atoms with Crippen molar-refractivity contribution in [3.8, 4) is 0 Å². The van der Waals surface area contributed by atoms with Gasteiger partial charge in [-0.2, -0.15) is 5.10 Å². The highest BCUT2D eigenvalue weighted by atomic mass is 16.2. The summed E-state index contributed by atoms with van der Waals surface area (Å²) in [5.74, 6) is 1.09. The van der Waals surface area contributed by atoms with Gasteiger partial charge in [0.15, 0.2) is 0 Å². The fourth-order valence-electron chi connectivity index (χ4n) is 2.83. The van der Waals surface area contributed by atoms with E-state index < -0.39 is 0 Å². The molecular weight excluding hydrogens is 262 g/mol. The van der Waals surface area contributed by atoms with E-state index >= 15 is 0 Å². The number of hydrogen-bond donors (Lipinski definition) is 2. The fraction of sp³-hybridized carbons (Fsp3) is 0.412. The number of carbonyl (C=O) groups is 1. The van der Waals surface area contributed by atoms with Gasteiger partial charge in [-0.3, -0.25) is 9.89 Å². The first-order valence-corrected chi connectivity index (χ1v) is 7.72. The van der Waals surface area contributed by atoms with Gasteiger partial charge in [-0.25, -0.2) is 0 Å². The highest BCUT2D eigenvalue weighted by Crippen LogP contribution is 2.41. The molecule has 0 bridgehead atoms. The zero-order chi connectivity index (χ0) is 14.2. The zero-order valence-electron chi connectivity index (χ0n) is 11.9. The monoisotopic (exact) mass is 281 g/mol. The molecule has 2 aliphatic carbocycles. The molecule has 2 N–H and O–H groups in total. The molecule has 1 heterocycles. The summed E-state index contributed by atoms with van der Waals surface area (Å²) in [5.41, 5.74) is 2.80. The Morgan fingerprint density at radius 2 is 1.95 bits per heavy atom. The van der Waals surface area contributed by atoms with E-state index in [1.807, 2.05) is 24.3 Å². The normalized spacial score (nSPS) is 19.2. The second-order valence-electron chi connectivity index (χ2n) is 6.18. The van der Waals surface area contributed by atoms with Crippen LogP contribution in [0.25, 0.3) is 0 Å². The molecular formula is C17H19N3O. The van der Waals surface area contributed by atoms with E-state index in [0.717, 1.165) is 5.69 Å². The van der Waals surface area contributed by atoms with Gasteiger partial charge in [0.05, 0.1) is 6.04 Å². The first-order chi connectivity index (χ1) is 10.3. The van der Waals surface area contributed by atoms with E-state index in [1.165, 1.54) is 31.2 Å². The van der Waals surface area contributed by atoms with Crippen LogP contribution in [0.1, 0.15) is 59.4 Å². The summed E-state index contributed by atoms with van der Waals surface area (Å²) in [6.45, 7) is 0. The Balaban J connectivity index is 1.50. The van der Waals surface area contributed by atoms with Crippen molar-refractivity contribution in [3.05, 3.63) is 53.3 Å². The molecule has 0 spiro atoms. The quantitative estimate of drug-likeness (QED) is 0.884. The number of benzene rings is 1. The molecule has 4 nitrogen and oxygen atoms in total. The van der Waals surface area contributed by atoms with Crippen LogP contribution in [-0.4, -0.2) is 16.1 Å². The van der Waals surface area contributed by atoms with E-state index in [2.05, 4.69) is 27.6 Å². The maximum Gasteiger partial charge on any atom is 0.272 e. The standard InChI is InChI=1S/C17H19N3O/c21-17(15-10-14(19-20-15)11-6-7-11)18-16(13-8-9-13)12-4-2-1-3-5-12/h1-5,10-11,13,16H,6-9H2,(H,18,21)(H,19,20). The molecule has 1 aromatic heterocycles. The predicted octanol–water partition coefficient (Wildman–Crippen LogP) is 3.17. The van der Waals surface area contributed by atoms with Crippen LogP contribution >= 0.6 is 0 Å². The molecule has 0 aliphatic heterocycles. The number of aromatic nitrogens is 2. The van der Waals surface area contributed by atoms with Crippen molar-refractivity contribution in [2.45, 2.75) is 37.6 Å². The van der Waals surface area contributed by atoms with Gasteiger partial charge in [0.1, 0.15) is 5.69 Å². The number of hydrogen-bond acceptors (Lipinski definition) is 2. The Bertz CT molecular complexity index is 641. The van der Waals surface area contributed by atoms with E-state index in [9.17, 15) is 4.79 Å². The number of nitrogens with zero attached hydrogens (tertiary/aromatic N) is 1. The van der Waals surface area contributed by atoms with Crippen LogP contribution in [0.3, 0.4) is 0 Å². The van der Waals surface area contributed by atoms with Gasteiger partial charge >= 0.3 is 0 Å². The Labute approximate surface area is 124 Å². The average molecular weight is 281 g/mol. The summed E-state index contributed by atoms with van der Waals surface area (Å²) in [5, 5.41) is 10.3. The number of nitrogens with one attached hydrogen (secondary N) is 2. The molecule has 21 heavy (non-hydrogen) atoms. The largest absolute Gasteiger partial charge is 0.344 e. The highest BCUT2D eigenvalue weighted by Gasteiger charge is 2.34. The van der Waals surface area contributed by atoms with Crippen LogP contribution in [0.15, 0.2) is 36.4 Å². The van der Waals surface area contributed by atoms with Crippen LogP contribution in [0.4, 0.5) is 0 Å². The maximum atomic E-state index is 12.4. The summed E-state index contributed by atoms with van der Waals surface area (Å²) >= 11 is 0. The molecule has 1 amide bonds. The lowest BCUT2D eigenvalue weighted by Crippen LogP contribution is -2.30. The van der Waals surface area contributed by atoms with Crippen molar-refractivity contribution in [2.24, 2.45) is 5.92 Å². The molecule has 1 unspecified atom stereocenters. The summed E-state index contributed by atoms with van der Waals surface area (Å²) in [6, 6.07) is 12.2. The highest BCUT2D eigenvalue weighted by molar-refractivity contribution is 5.92. The van der Waals surface area contributed by atoms with Crippen LogP contribution < -0.4 is 5.32 Å². The van der Waals surface area contributed by atoms with Crippen LogP contribution in [-0.2, 0) is 0 Å². The minimum absolute atomic E-state index is 0.0705. The minimum Gasteiger partial charge on any atom is -0.344 e. The smallest absolute Gasteiger partial charge is 0.272 e. The number of H-pyrrole nitrogens is 1. The van der Waals surface area contributed by atoms with E-state index in [0.29, 0.717) is 17.5 Å². The Hall–Kier alpha value is -2.10. The Kier molecular flexibility index (Phi) is 3.02. The van der Waals surface area contributed by atoms with Gasteiger partial charge in [-0.1, -0.05) is 30.3 Å². The van der Waals surface area contributed by atoms with Crippen molar-refractivity contribution in [2.75, 3.05) is 0 Å². The van der Waals surface area contributed by atoms with Gasteiger partial charge in [-0.05, 0) is 43.2 Å². The lowest BCUT2D eigenvalue weighted by Gasteiger charge is -2.18.